The van der Waals surface area contributed by atoms with Crippen LogP contribution in [0.5, 0.6) is 0 Å². The van der Waals surface area contributed by atoms with Crippen LogP contribution in [0.4, 0.5) is 4.79 Å². The molecule has 74 valence electrons. The van der Waals surface area contributed by atoms with Gasteiger partial charge < -0.3 is 5.32 Å². The van der Waals surface area contributed by atoms with Crippen LogP contribution in [0.1, 0.15) is 25.7 Å². The minimum atomic E-state index is -0.207. The molecular formula is C9H16N2O2. The standard InChI is InChI=1S/C9H16N2O2/c1-13-11-9(12)10-8-6-4-2-3-5-7(6)8/h6-8H,2-5H2,1H3,(H2,10,11,12). The molecule has 4 heteroatoms. The first-order valence-corrected chi connectivity index (χ1v) is 4.92. The number of amides is 2. The molecule has 0 heterocycles. The van der Waals surface area contributed by atoms with Gasteiger partial charge in [0.25, 0.3) is 0 Å². The molecule has 2 aliphatic rings. The van der Waals surface area contributed by atoms with E-state index in [9.17, 15) is 4.79 Å². The van der Waals surface area contributed by atoms with Gasteiger partial charge in [-0.2, -0.15) is 0 Å². The van der Waals surface area contributed by atoms with Gasteiger partial charge in [-0.15, -0.1) is 0 Å². The van der Waals surface area contributed by atoms with Crippen LogP contribution in [0.25, 0.3) is 0 Å². The molecule has 0 aromatic heterocycles. The number of hydrogen-bond acceptors (Lipinski definition) is 2. The van der Waals surface area contributed by atoms with E-state index in [4.69, 9.17) is 0 Å². The molecule has 2 atom stereocenters. The Labute approximate surface area is 78.0 Å². The summed E-state index contributed by atoms with van der Waals surface area (Å²) in [5, 5.41) is 2.92. The van der Waals surface area contributed by atoms with Gasteiger partial charge in [-0.25, -0.2) is 10.3 Å². The van der Waals surface area contributed by atoms with Crippen LogP contribution < -0.4 is 10.8 Å². The number of rotatable bonds is 2. The number of hydrogen-bond donors (Lipinski definition) is 2. The summed E-state index contributed by atoms with van der Waals surface area (Å²) in [6.45, 7) is 0. The lowest BCUT2D eigenvalue weighted by atomic mass is 10.0. The van der Waals surface area contributed by atoms with Gasteiger partial charge in [0.1, 0.15) is 0 Å². The monoisotopic (exact) mass is 184 g/mol. The Balaban J connectivity index is 1.75. The van der Waals surface area contributed by atoms with Gasteiger partial charge in [-0.3, -0.25) is 4.84 Å². The summed E-state index contributed by atoms with van der Waals surface area (Å²) in [4.78, 5) is 15.6. The van der Waals surface area contributed by atoms with E-state index >= 15 is 0 Å². The summed E-state index contributed by atoms with van der Waals surface area (Å²) in [5.41, 5.74) is 2.28. The minimum Gasteiger partial charge on any atom is -0.333 e. The summed E-state index contributed by atoms with van der Waals surface area (Å²) in [7, 11) is 1.44. The molecule has 0 aromatic rings. The highest BCUT2D eigenvalue weighted by molar-refractivity contribution is 5.73. The molecule has 0 aliphatic heterocycles. The molecule has 0 spiro atoms. The first-order valence-electron chi connectivity index (χ1n) is 4.92. The van der Waals surface area contributed by atoms with Gasteiger partial charge in [0, 0.05) is 6.04 Å². The molecule has 2 amide bonds. The first-order chi connectivity index (χ1) is 6.33. The van der Waals surface area contributed by atoms with Crippen LogP contribution in [-0.4, -0.2) is 19.2 Å². The summed E-state index contributed by atoms with van der Waals surface area (Å²) in [6.07, 6.45) is 5.21. The molecule has 2 fully saturated rings. The third kappa shape index (κ3) is 1.77. The van der Waals surface area contributed by atoms with E-state index in [1.165, 1.54) is 32.8 Å². The van der Waals surface area contributed by atoms with Crippen molar-refractivity contribution >= 4 is 6.03 Å². The first kappa shape index (κ1) is 8.81. The van der Waals surface area contributed by atoms with E-state index in [1.54, 1.807) is 0 Å². The Morgan fingerprint density at radius 1 is 1.31 bits per heavy atom. The Bertz CT molecular complexity index is 196. The van der Waals surface area contributed by atoms with Crippen molar-refractivity contribution in [2.24, 2.45) is 11.8 Å². The average Bonchev–Trinajstić information content (AvgIpc) is 2.80. The highest BCUT2D eigenvalue weighted by Gasteiger charge is 2.51. The molecule has 2 saturated carbocycles. The van der Waals surface area contributed by atoms with Gasteiger partial charge in [0.05, 0.1) is 7.11 Å². The maximum absolute atomic E-state index is 11.1. The fourth-order valence-corrected chi connectivity index (χ4v) is 2.48. The highest BCUT2D eigenvalue weighted by atomic mass is 16.6. The highest BCUT2D eigenvalue weighted by Crippen LogP contribution is 2.49. The van der Waals surface area contributed by atoms with Crippen LogP contribution >= 0.6 is 0 Å². The number of carbonyl (C=O) groups excluding carboxylic acids is 1. The number of nitrogens with one attached hydrogen (secondary N) is 2. The second-order valence-corrected chi connectivity index (χ2v) is 3.92. The molecule has 0 saturated heterocycles. The van der Waals surface area contributed by atoms with Crippen molar-refractivity contribution in [3.63, 3.8) is 0 Å². The van der Waals surface area contributed by atoms with E-state index in [2.05, 4.69) is 15.6 Å². The van der Waals surface area contributed by atoms with Gasteiger partial charge in [-0.1, -0.05) is 12.8 Å². The van der Waals surface area contributed by atoms with Gasteiger partial charge in [0.2, 0.25) is 0 Å². The third-order valence-electron chi connectivity index (χ3n) is 3.15. The summed E-state index contributed by atoms with van der Waals surface area (Å²) < 4.78 is 0. The minimum absolute atomic E-state index is 0.207. The molecule has 0 aromatic carbocycles. The topological polar surface area (TPSA) is 50.4 Å². The molecule has 0 radical (unpaired) electrons. The lowest BCUT2D eigenvalue weighted by Crippen LogP contribution is -2.37. The zero-order valence-corrected chi connectivity index (χ0v) is 7.88. The van der Waals surface area contributed by atoms with Crippen LogP contribution in [-0.2, 0) is 4.84 Å². The summed E-state index contributed by atoms with van der Waals surface area (Å²) in [5.74, 6) is 1.49. The Morgan fingerprint density at radius 3 is 2.46 bits per heavy atom. The van der Waals surface area contributed by atoms with Crippen molar-refractivity contribution in [1.82, 2.24) is 10.8 Å². The van der Waals surface area contributed by atoms with Crippen LogP contribution in [0, 0.1) is 11.8 Å². The van der Waals surface area contributed by atoms with Crippen LogP contribution in [0.15, 0.2) is 0 Å². The molecule has 2 N–H and O–H groups in total. The van der Waals surface area contributed by atoms with Gasteiger partial charge in [-0.05, 0) is 24.7 Å². The van der Waals surface area contributed by atoms with Crippen molar-refractivity contribution in [2.45, 2.75) is 31.7 Å². The van der Waals surface area contributed by atoms with Crippen molar-refractivity contribution < 1.29 is 9.63 Å². The molecule has 2 rings (SSSR count). The maximum atomic E-state index is 11.1. The second-order valence-electron chi connectivity index (χ2n) is 3.92. The van der Waals surface area contributed by atoms with E-state index in [1.807, 2.05) is 0 Å². The molecule has 4 nitrogen and oxygen atoms in total. The Kier molecular flexibility index (Phi) is 2.40. The predicted octanol–water partition coefficient (Wildman–Crippen LogP) is 1.04. The quantitative estimate of drug-likeness (QED) is 0.630. The van der Waals surface area contributed by atoms with Crippen LogP contribution in [0.2, 0.25) is 0 Å². The van der Waals surface area contributed by atoms with E-state index in [0.29, 0.717) is 6.04 Å². The van der Waals surface area contributed by atoms with Crippen molar-refractivity contribution in [3.8, 4) is 0 Å². The van der Waals surface area contributed by atoms with Crippen molar-refractivity contribution in [3.05, 3.63) is 0 Å². The zero-order chi connectivity index (χ0) is 9.26. The van der Waals surface area contributed by atoms with E-state index in [-0.39, 0.29) is 6.03 Å². The molecule has 2 unspecified atom stereocenters. The molecule has 0 bridgehead atoms. The smallest absolute Gasteiger partial charge is 0.333 e. The number of fused-ring (bicyclic) bond motifs is 1. The van der Waals surface area contributed by atoms with Crippen molar-refractivity contribution in [1.29, 1.82) is 0 Å². The number of hydroxylamine groups is 1. The molecule has 13 heavy (non-hydrogen) atoms. The SMILES string of the molecule is CONC(=O)NC1C2CCCCC21. The Hall–Kier alpha value is -0.770. The Morgan fingerprint density at radius 2 is 1.92 bits per heavy atom. The fourth-order valence-electron chi connectivity index (χ4n) is 2.48. The van der Waals surface area contributed by atoms with Crippen LogP contribution in [0.3, 0.4) is 0 Å². The van der Waals surface area contributed by atoms with Gasteiger partial charge >= 0.3 is 6.03 Å². The van der Waals surface area contributed by atoms with E-state index in [0.717, 1.165) is 11.8 Å². The lowest BCUT2D eigenvalue weighted by molar-refractivity contribution is 0.107. The second kappa shape index (κ2) is 3.54. The summed E-state index contributed by atoms with van der Waals surface area (Å²) >= 11 is 0. The molecular weight excluding hydrogens is 168 g/mol. The summed E-state index contributed by atoms with van der Waals surface area (Å²) in [6, 6.07) is 0.208. The number of urea groups is 1. The number of carbonyl (C=O) groups is 1. The fraction of sp³-hybridized carbons (Fsp3) is 0.889. The van der Waals surface area contributed by atoms with Crippen molar-refractivity contribution in [2.75, 3.05) is 7.11 Å². The average molecular weight is 184 g/mol. The van der Waals surface area contributed by atoms with E-state index < -0.39 is 0 Å². The lowest BCUT2D eigenvalue weighted by Gasteiger charge is -2.04. The largest absolute Gasteiger partial charge is 0.338 e. The maximum Gasteiger partial charge on any atom is 0.338 e. The predicted molar refractivity (Wildman–Crippen MR) is 47.9 cm³/mol. The zero-order valence-electron chi connectivity index (χ0n) is 7.88. The van der Waals surface area contributed by atoms with Gasteiger partial charge in [0.15, 0.2) is 0 Å². The third-order valence-corrected chi connectivity index (χ3v) is 3.15. The molecule has 2 aliphatic carbocycles. The normalized spacial score (nSPS) is 36.2.